The van der Waals surface area contributed by atoms with Crippen LogP contribution in [-0.4, -0.2) is 4.98 Å². The van der Waals surface area contributed by atoms with E-state index in [-0.39, 0.29) is 10.9 Å². The summed E-state index contributed by atoms with van der Waals surface area (Å²) in [5.74, 6) is -0.110. The van der Waals surface area contributed by atoms with Crippen LogP contribution in [0, 0.1) is 12.7 Å². The first kappa shape index (κ1) is 12.3. The quantitative estimate of drug-likeness (QED) is 0.798. The summed E-state index contributed by atoms with van der Waals surface area (Å²) in [7, 11) is 0. The molecule has 0 unspecified atom stereocenters. The predicted molar refractivity (Wildman–Crippen MR) is 68.2 cm³/mol. The maximum atomic E-state index is 13.5. The lowest BCUT2D eigenvalue weighted by molar-refractivity contribution is 0.420. The van der Waals surface area contributed by atoms with Crippen LogP contribution in [0.3, 0.4) is 0 Å². The molecule has 0 aliphatic carbocycles. The van der Waals surface area contributed by atoms with Gasteiger partial charge in [0.15, 0.2) is 5.82 Å². The molecule has 0 radical (unpaired) electrons. The highest BCUT2D eigenvalue weighted by Gasteiger charge is 2.09. The predicted octanol–water partition coefficient (Wildman–Crippen LogP) is 4.74. The van der Waals surface area contributed by atoms with E-state index in [2.05, 4.69) is 20.9 Å². The molecule has 2 rings (SSSR count). The Kier molecular flexibility index (Phi) is 3.64. The fourth-order valence-corrected chi connectivity index (χ4v) is 1.93. The van der Waals surface area contributed by atoms with Gasteiger partial charge in [-0.1, -0.05) is 27.5 Å². The molecule has 0 aliphatic rings. The number of pyridine rings is 1. The Bertz CT molecular complexity index is 513. The van der Waals surface area contributed by atoms with Gasteiger partial charge in [-0.3, -0.25) is 0 Å². The molecule has 0 saturated heterocycles. The van der Waals surface area contributed by atoms with Gasteiger partial charge in [-0.15, -0.1) is 0 Å². The van der Waals surface area contributed by atoms with Crippen molar-refractivity contribution in [2.75, 3.05) is 0 Å². The van der Waals surface area contributed by atoms with Gasteiger partial charge in [0.2, 0.25) is 0 Å². The van der Waals surface area contributed by atoms with Crippen LogP contribution in [0.4, 0.5) is 4.39 Å². The van der Waals surface area contributed by atoms with Gasteiger partial charge in [-0.2, -0.15) is 0 Å². The highest BCUT2D eigenvalue weighted by Crippen LogP contribution is 2.28. The summed E-state index contributed by atoms with van der Waals surface area (Å²) in [6.07, 6.45) is 1.34. The van der Waals surface area contributed by atoms with Gasteiger partial charge < -0.3 is 4.74 Å². The van der Waals surface area contributed by atoms with Crippen molar-refractivity contribution in [2.24, 2.45) is 0 Å². The standard InChI is InChI=1S/C12H8BrClFNO/c1-7-4-8(13)2-3-11(7)17-12-10(15)5-9(14)6-16-12/h2-6H,1H3. The molecule has 0 bridgehead atoms. The highest BCUT2D eigenvalue weighted by atomic mass is 79.9. The van der Waals surface area contributed by atoms with Crippen LogP contribution < -0.4 is 4.74 Å². The SMILES string of the molecule is Cc1cc(Br)ccc1Oc1ncc(Cl)cc1F. The van der Waals surface area contributed by atoms with Crippen LogP contribution >= 0.6 is 27.5 Å². The summed E-state index contributed by atoms with van der Waals surface area (Å²) in [5, 5.41) is 0.238. The van der Waals surface area contributed by atoms with E-state index in [9.17, 15) is 4.39 Å². The molecular formula is C12H8BrClFNO. The van der Waals surface area contributed by atoms with E-state index in [1.54, 1.807) is 6.07 Å². The van der Waals surface area contributed by atoms with E-state index in [4.69, 9.17) is 16.3 Å². The van der Waals surface area contributed by atoms with E-state index >= 15 is 0 Å². The first-order valence-electron chi connectivity index (χ1n) is 4.81. The van der Waals surface area contributed by atoms with Gasteiger partial charge >= 0.3 is 0 Å². The number of aromatic nitrogens is 1. The zero-order valence-electron chi connectivity index (χ0n) is 8.88. The first-order valence-corrected chi connectivity index (χ1v) is 5.98. The van der Waals surface area contributed by atoms with Crippen molar-refractivity contribution in [3.8, 4) is 11.6 Å². The van der Waals surface area contributed by atoms with Gasteiger partial charge in [0.05, 0.1) is 5.02 Å². The Morgan fingerprint density at radius 3 is 2.76 bits per heavy atom. The molecule has 2 nitrogen and oxygen atoms in total. The largest absolute Gasteiger partial charge is 0.436 e. The van der Waals surface area contributed by atoms with Crippen LogP contribution in [0.1, 0.15) is 5.56 Å². The summed E-state index contributed by atoms with van der Waals surface area (Å²) in [5.41, 5.74) is 0.885. The molecule has 2 aromatic rings. The Labute approximate surface area is 112 Å². The van der Waals surface area contributed by atoms with Crippen LogP contribution in [0.2, 0.25) is 5.02 Å². The van der Waals surface area contributed by atoms with Crippen molar-refractivity contribution < 1.29 is 9.13 Å². The van der Waals surface area contributed by atoms with E-state index in [1.165, 1.54) is 6.20 Å². The van der Waals surface area contributed by atoms with Crippen molar-refractivity contribution in [3.63, 3.8) is 0 Å². The van der Waals surface area contributed by atoms with Crippen LogP contribution in [0.15, 0.2) is 34.9 Å². The van der Waals surface area contributed by atoms with E-state index < -0.39 is 5.82 Å². The number of hydrogen-bond donors (Lipinski definition) is 0. The molecular weight excluding hydrogens is 308 g/mol. The third-order valence-corrected chi connectivity index (χ3v) is 2.82. The lowest BCUT2D eigenvalue weighted by atomic mass is 10.2. The van der Waals surface area contributed by atoms with Crippen LogP contribution in [0.5, 0.6) is 11.6 Å². The molecule has 88 valence electrons. The molecule has 1 aromatic heterocycles. The fourth-order valence-electron chi connectivity index (χ4n) is 1.31. The number of nitrogens with zero attached hydrogens (tertiary/aromatic N) is 1. The minimum Gasteiger partial charge on any atom is -0.436 e. The van der Waals surface area contributed by atoms with E-state index in [0.29, 0.717) is 5.75 Å². The number of ether oxygens (including phenoxy) is 1. The summed E-state index contributed by atoms with van der Waals surface area (Å²) in [6.45, 7) is 1.87. The second-order valence-electron chi connectivity index (χ2n) is 3.45. The molecule has 5 heteroatoms. The van der Waals surface area contributed by atoms with Crippen LogP contribution in [-0.2, 0) is 0 Å². The van der Waals surface area contributed by atoms with Gasteiger partial charge in [-0.05, 0) is 36.8 Å². The zero-order valence-corrected chi connectivity index (χ0v) is 11.2. The smallest absolute Gasteiger partial charge is 0.255 e. The molecule has 0 amide bonds. The van der Waals surface area contributed by atoms with Crippen molar-refractivity contribution in [3.05, 3.63) is 51.3 Å². The molecule has 0 fully saturated rings. The molecule has 1 heterocycles. The van der Waals surface area contributed by atoms with Gasteiger partial charge in [-0.25, -0.2) is 9.37 Å². The third kappa shape index (κ3) is 2.96. The Hall–Kier alpha value is -1.13. The molecule has 1 aromatic carbocycles. The average Bonchev–Trinajstić information content (AvgIpc) is 2.25. The summed E-state index contributed by atoms with van der Waals surface area (Å²) in [6, 6.07) is 6.60. The summed E-state index contributed by atoms with van der Waals surface area (Å²) in [4.78, 5) is 3.80. The Morgan fingerprint density at radius 2 is 2.12 bits per heavy atom. The van der Waals surface area contributed by atoms with E-state index in [1.807, 2.05) is 19.1 Å². The maximum absolute atomic E-state index is 13.5. The minimum atomic E-state index is -0.584. The maximum Gasteiger partial charge on any atom is 0.255 e. The Morgan fingerprint density at radius 1 is 1.35 bits per heavy atom. The van der Waals surface area contributed by atoms with Gasteiger partial charge in [0, 0.05) is 10.7 Å². The third-order valence-electron chi connectivity index (χ3n) is 2.12. The Balaban J connectivity index is 2.31. The fraction of sp³-hybridized carbons (Fsp3) is 0.0833. The number of hydrogen-bond acceptors (Lipinski definition) is 2. The molecule has 0 atom stereocenters. The number of aryl methyl sites for hydroxylation is 1. The van der Waals surface area contributed by atoms with Crippen molar-refractivity contribution >= 4 is 27.5 Å². The van der Waals surface area contributed by atoms with E-state index in [0.717, 1.165) is 16.1 Å². The van der Waals surface area contributed by atoms with Gasteiger partial charge in [0.25, 0.3) is 5.88 Å². The molecule has 0 aliphatic heterocycles. The minimum absolute atomic E-state index is 0.0835. The van der Waals surface area contributed by atoms with Crippen molar-refractivity contribution in [2.45, 2.75) is 6.92 Å². The molecule has 0 saturated carbocycles. The summed E-state index contributed by atoms with van der Waals surface area (Å²) < 4.78 is 19.8. The second kappa shape index (κ2) is 5.02. The number of rotatable bonds is 2. The first-order chi connectivity index (χ1) is 8.06. The lowest BCUT2D eigenvalue weighted by Gasteiger charge is -2.08. The second-order valence-corrected chi connectivity index (χ2v) is 4.80. The zero-order chi connectivity index (χ0) is 12.4. The normalized spacial score (nSPS) is 10.4. The van der Waals surface area contributed by atoms with Crippen molar-refractivity contribution in [1.82, 2.24) is 4.98 Å². The molecule has 0 spiro atoms. The van der Waals surface area contributed by atoms with Gasteiger partial charge in [0.1, 0.15) is 5.75 Å². The number of halogens is 3. The molecule has 17 heavy (non-hydrogen) atoms. The number of benzene rings is 1. The topological polar surface area (TPSA) is 22.1 Å². The summed E-state index contributed by atoms with van der Waals surface area (Å²) >= 11 is 8.95. The monoisotopic (exact) mass is 315 g/mol. The average molecular weight is 317 g/mol. The lowest BCUT2D eigenvalue weighted by Crippen LogP contribution is -1.93. The van der Waals surface area contributed by atoms with Crippen LogP contribution in [0.25, 0.3) is 0 Å². The highest BCUT2D eigenvalue weighted by molar-refractivity contribution is 9.10. The molecule has 0 N–H and O–H groups in total. The van der Waals surface area contributed by atoms with Crippen molar-refractivity contribution in [1.29, 1.82) is 0 Å².